The van der Waals surface area contributed by atoms with Gasteiger partial charge in [0.2, 0.25) is 0 Å². The summed E-state index contributed by atoms with van der Waals surface area (Å²) in [4.78, 5) is 14.6. The molecule has 0 saturated carbocycles. The molecule has 2 rings (SSSR count). The van der Waals surface area contributed by atoms with Gasteiger partial charge < -0.3 is 9.84 Å². The summed E-state index contributed by atoms with van der Waals surface area (Å²) in [6, 6.07) is 2.25. The van der Waals surface area contributed by atoms with Crippen LogP contribution in [0.25, 0.3) is 0 Å². The first kappa shape index (κ1) is 12.5. The van der Waals surface area contributed by atoms with Crippen molar-refractivity contribution in [1.29, 1.82) is 0 Å². The van der Waals surface area contributed by atoms with E-state index in [1.54, 1.807) is 6.07 Å². The van der Waals surface area contributed by atoms with Gasteiger partial charge >= 0.3 is 5.97 Å². The van der Waals surface area contributed by atoms with Crippen LogP contribution in [0.15, 0.2) is 6.07 Å². The molecule has 1 atom stereocenters. The molecule has 94 valence electrons. The molecule has 0 amide bonds. The number of aromatic carboxylic acids is 1. The Labute approximate surface area is 105 Å². The van der Waals surface area contributed by atoms with E-state index < -0.39 is 5.97 Å². The lowest BCUT2D eigenvalue weighted by Gasteiger charge is -2.22. The fraction of sp³-hybridized carbons (Fsp3) is 0.583. The molecular formula is C12H17NO3S. The van der Waals surface area contributed by atoms with Crippen molar-refractivity contribution in [3.63, 3.8) is 0 Å². The molecule has 1 saturated heterocycles. The first-order chi connectivity index (χ1) is 8.08. The Hall–Kier alpha value is -0.910. The molecule has 0 radical (unpaired) electrons. The first-order valence-electron chi connectivity index (χ1n) is 5.68. The summed E-state index contributed by atoms with van der Waals surface area (Å²) in [5.41, 5.74) is 1.11. The summed E-state index contributed by atoms with van der Waals surface area (Å²) in [5, 5.41) is 8.95. The summed E-state index contributed by atoms with van der Waals surface area (Å²) in [7, 11) is 2.07. The highest BCUT2D eigenvalue weighted by Gasteiger charge is 2.21. The average molecular weight is 255 g/mol. The Morgan fingerprint density at radius 1 is 1.71 bits per heavy atom. The monoisotopic (exact) mass is 255 g/mol. The number of rotatable bonds is 4. The van der Waals surface area contributed by atoms with Gasteiger partial charge in [0.25, 0.3) is 0 Å². The fourth-order valence-corrected chi connectivity index (χ4v) is 2.92. The van der Waals surface area contributed by atoms with Gasteiger partial charge in [-0.25, -0.2) is 4.79 Å². The maximum Gasteiger partial charge on any atom is 0.345 e. The van der Waals surface area contributed by atoms with Gasteiger partial charge in [-0.3, -0.25) is 4.90 Å². The number of hydrogen-bond donors (Lipinski definition) is 1. The van der Waals surface area contributed by atoms with E-state index in [0.717, 1.165) is 36.6 Å². The van der Waals surface area contributed by atoms with Gasteiger partial charge in [-0.1, -0.05) is 0 Å². The Morgan fingerprint density at radius 2 is 2.47 bits per heavy atom. The van der Waals surface area contributed by atoms with E-state index in [2.05, 4.69) is 11.9 Å². The molecule has 1 fully saturated rings. The molecule has 1 aromatic heterocycles. The van der Waals surface area contributed by atoms with Crippen molar-refractivity contribution in [3.8, 4) is 0 Å². The number of carboxylic acids is 1. The van der Waals surface area contributed by atoms with Gasteiger partial charge in [-0.2, -0.15) is 0 Å². The van der Waals surface area contributed by atoms with Crippen LogP contribution in [0.2, 0.25) is 0 Å². The van der Waals surface area contributed by atoms with Gasteiger partial charge in [0.15, 0.2) is 0 Å². The minimum atomic E-state index is -0.837. The van der Waals surface area contributed by atoms with Crippen LogP contribution in [0.1, 0.15) is 26.5 Å². The molecule has 1 aromatic rings. The van der Waals surface area contributed by atoms with E-state index in [1.807, 2.05) is 6.92 Å². The number of carboxylic acid groups (broad SMARTS) is 1. The van der Waals surface area contributed by atoms with Crippen LogP contribution in [-0.2, 0) is 11.3 Å². The summed E-state index contributed by atoms with van der Waals surface area (Å²) >= 11 is 1.35. The topological polar surface area (TPSA) is 49.8 Å². The maximum absolute atomic E-state index is 10.9. The quantitative estimate of drug-likeness (QED) is 0.893. The van der Waals surface area contributed by atoms with Crippen molar-refractivity contribution < 1.29 is 14.6 Å². The van der Waals surface area contributed by atoms with Crippen molar-refractivity contribution >= 4 is 17.3 Å². The van der Waals surface area contributed by atoms with Crippen LogP contribution >= 0.6 is 11.3 Å². The van der Waals surface area contributed by atoms with Crippen molar-refractivity contribution in [2.45, 2.75) is 25.9 Å². The average Bonchev–Trinajstić information content (AvgIpc) is 2.88. The third-order valence-corrected chi connectivity index (χ3v) is 4.26. The minimum absolute atomic E-state index is 0.425. The molecule has 1 aliphatic rings. The van der Waals surface area contributed by atoms with Crippen molar-refractivity contribution in [2.75, 3.05) is 20.3 Å². The first-order valence-corrected chi connectivity index (χ1v) is 6.50. The molecule has 1 aliphatic heterocycles. The largest absolute Gasteiger partial charge is 0.477 e. The van der Waals surface area contributed by atoms with E-state index >= 15 is 0 Å². The van der Waals surface area contributed by atoms with Gasteiger partial charge in [-0.15, -0.1) is 11.3 Å². The summed E-state index contributed by atoms with van der Waals surface area (Å²) in [6.45, 7) is 4.39. The number of thiophene rings is 1. The number of carbonyl (C=O) groups is 1. The highest BCUT2D eigenvalue weighted by Crippen LogP contribution is 2.24. The van der Waals surface area contributed by atoms with Crippen molar-refractivity contribution in [2.24, 2.45) is 0 Å². The van der Waals surface area contributed by atoms with Gasteiger partial charge in [-0.05, 0) is 32.0 Å². The molecule has 0 bridgehead atoms. The SMILES string of the molecule is Cc1sc(C(=O)O)cc1CN(C)C1CCOC1. The smallest absolute Gasteiger partial charge is 0.345 e. The predicted molar refractivity (Wildman–Crippen MR) is 66.7 cm³/mol. The van der Waals surface area contributed by atoms with Gasteiger partial charge in [0.1, 0.15) is 4.88 Å². The standard InChI is InChI=1S/C12H17NO3S/c1-8-9(5-11(17-8)12(14)15)6-13(2)10-3-4-16-7-10/h5,10H,3-4,6-7H2,1-2H3,(H,14,15). The van der Waals surface area contributed by atoms with E-state index in [9.17, 15) is 4.79 Å². The number of aryl methyl sites for hydroxylation is 1. The molecule has 4 nitrogen and oxygen atoms in total. The fourth-order valence-electron chi connectivity index (χ4n) is 2.05. The van der Waals surface area contributed by atoms with Crippen LogP contribution < -0.4 is 0 Å². The summed E-state index contributed by atoms with van der Waals surface area (Å²) in [6.07, 6.45) is 1.06. The second-order valence-electron chi connectivity index (χ2n) is 4.43. The van der Waals surface area contributed by atoms with E-state index in [-0.39, 0.29) is 0 Å². The number of ether oxygens (including phenoxy) is 1. The molecule has 2 heterocycles. The zero-order valence-electron chi connectivity index (χ0n) is 10.1. The normalized spacial score (nSPS) is 20.1. The summed E-state index contributed by atoms with van der Waals surface area (Å²) < 4.78 is 5.36. The van der Waals surface area contributed by atoms with Crippen LogP contribution in [0, 0.1) is 6.92 Å². The maximum atomic E-state index is 10.9. The van der Waals surface area contributed by atoms with Gasteiger partial charge in [0.05, 0.1) is 6.61 Å². The Bertz CT molecular complexity index is 410. The molecule has 17 heavy (non-hydrogen) atoms. The third kappa shape index (κ3) is 2.86. The second-order valence-corrected chi connectivity index (χ2v) is 5.69. The lowest BCUT2D eigenvalue weighted by atomic mass is 10.2. The Morgan fingerprint density at radius 3 is 3.00 bits per heavy atom. The van der Waals surface area contributed by atoms with E-state index in [1.165, 1.54) is 11.3 Å². The van der Waals surface area contributed by atoms with Crippen LogP contribution in [0.3, 0.4) is 0 Å². The zero-order chi connectivity index (χ0) is 12.4. The number of nitrogens with zero attached hydrogens (tertiary/aromatic N) is 1. The lowest BCUT2D eigenvalue weighted by Crippen LogP contribution is -2.31. The lowest BCUT2D eigenvalue weighted by molar-refractivity contribution is 0.0702. The molecule has 1 N–H and O–H groups in total. The summed E-state index contributed by atoms with van der Waals surface area (Å²) in [5.74, 6) is -0.837. The van der Waals surface area contributed by atoms with Crippen molar-refractivity contribution in [3.05, 3.63) is 21.4 Å². The molecule has 5 heteroatoms. The van der Waals surface area contributed by atoms with E-state index in [0.29, 0.717) is 10.9 Å². The number of hydrogen-bond acceptors (Lipinski definition) is 4. The molecular weight excluding hydrogens is 238 g/mol. The molecule has 0 aliphatic carbocycles. The Kier molecular flexibility index (Phi) is 3.81. The Balaban J connectivity index is 2.04. The zero-order valence-corrected chi connectivity index (χ0v) is 10.9. The van der Waals surface area contributed by atoms with Crippen molar-refractivity contribution in [1.82, 2.24) is 4.90 Å². The van der Waals surface area contributed by atoms with Gasteiger partial charge in [0, 0.05) is 24.1 Å². The van der Waals surface area contributed by atoms with Crippen LogP contribution in [0.5, 0.6) is 0 Å². The molecule has 1 unspecified atom stereocenters. The second kappa shape index (κ2) is 5.16. The third-order valence-electron chi connectivity index (χ3n) is 3.18. The van der Waals surface area contributed by atoms with E-state index in [4.69, 9.17) is 9.84 Å². The molecule has 0 aromatic carbocycles. The predicted octanol–water partition coefficient (Wildman–Crippen LogP) is 1.98. The van der Waals surface area contributed by atoms with Crippen LogP contribution in [0.4, 0.5) is 0 Å². The molecule has 0 spiro atoms. The number of likely N-dealkylation sites (N-methyl/N-ethyl adjacent to an activating group) is 1. The highest BCUT2D eigenvalue weighted by atomic mass is 32.1. The minimum Gasteiger partial charge on any atom is -0.477 e. The highest BCUT2D eigenvalue weighted by molar-refractivity contribution is 7.14. The van der Waals surface area contributed by atoms with Crippen LogP contribution in [-0.4, -0.2) is 42.3 Å².